The molecule has 2 aromatic rings. The summed E-state index contributed by atoms with van der Waals surface area (Å²) in [4.78, 5) is 15.6. The number of hydrogen-bond acceptors (Lipinski definition) is 3. The van der Waals surface area contributed by atoms with Crippen LogP contribution in [0.5, 0.6) is 0 Å². The molecular formula is C14H12FN3O. The molecule has 1 aliphatic rings. The number of nitrogens with zero attached hydrogens (tertiary/aromatic N) is 2. The van der Waals surface area contributed by atoms with Gasteiger partial charge in [0, 0.05) is 12.4 Å². The average molecular weight is 257 g/mol. The van der Waals surface area contributed by atoms with Gasteiger partial charge in [-0.1, -0.05) is 12.1 Å². The van der Waals surface area contributed by atoms with E-state index in [1.807, 2.05) is 12.1 Å². The highest BCUT2D eigenvalue weighted by Crippen LogP contribution is 2.31. The second kappa shape index (κ2) is 4.68. The van der Waals surface area contributed by atoms with Crippen LogP contribution in [-0.2, 0) is 4.79 Å². The van der Waals surface area contributed by atoms with Gasteiger partial charge in [0.2, 0.25) is 5.91 Å². The van der Waals surface area contributed by atoms with Crippen molar-refractivity contribution in [1.82, 2.24) is 10.4 Å². The molecule has 1 amide bonds. The molecule has 96 valence electrons. The Balaban J connectivity index is 1.95. The van der Waals surface area contributed by atoms with E-state index < -0.39 is 0 Å². The maximum absolute atomic E-state index is 13.0. The molecule has 0 saturated carbocycles. The van der Waals surface area contributed by atoms with E-state index in [1.165, 1.54) is 12.1 Å². The van der Waals surface area contributed by atoms with Crippen LogP contribution in [0.1, 0.15) is 18.0 Å². The van der Waals surface area contributed by atoms with Gasteiger partial charge >= 0.3 is 0 Å². The third-order valence-electron chi connectivity index (χ3n) is 3.13. The van der Waals surface area contributed by atoms with Crippen molar-refractivity contribution in [3.8, 4) is 0 Å². The summed E-state index contributed by atoms with van der Waals surface area (Å²) in [6.07, 6.45) is 3.69. The molecule has 19 heavy (non-hydrogen) atoms. The molecule has 5 heteroatoms. The lowest BCUT2D eigenvalue weighted by Gasteiger charge is -2.25. The fraction of sp³-hybridized carbons (Fsp3) is 0.143. The molecule has 0 radical (unpaired) electrons. The van der Waals surface area contributed by atoms with Gasteiger partial charge in [0.25, 0.3) is 0 Å². The molecule has 1 unspecified atom stereocenters. The Morgan fingerprint density at radius 2 is 1.84 bits per heavy atom. The molecule has 1 aromatic carbocycles. The van der Waals surface area contributed by atoms with Crippen molar-refractivity contribution < 1.29 is 9.18 Å². The number of amides is 1. The fourth-order valence-corrected chi connectivity index (χ4v) is 2.23. The van der Waals surface area contributed by atoms with E-state index in [1.54, 1.807) is 29.5 Å². The van der Waals surface area contributed by atoms with Crippen molar-refractivity contribution in [2.24, 2.45) is 0 Å². The number of aromatic nitrogens is 1. The van der Waals surface area contributed by atoms with Gasteiger partial charge in [0.1, 0.15) is 5.82 Å². The van der Waals surface area contributed by atoms with Gasteiger partial charge < -0.3 is 0 Å². The Kier molecular flexibility index (Phi) is 2.87. The Morgan fingerprint density at radius 1 is 1.16 bits per heavy atom. The zero-order chi connectivity index (χ0) is 13.2. The summed E-state index contributed by atoms with van der Waals surface area (Å²) >= 11 is 0. The summed E-state index contributed by atoms with van der Waals surface area (Å²) in [7, 11) is 0. The van der Waals surface area contributed by atoms with E-state index in [9.17, 15) is 9.18 Å². The molecule has 1 fully saturated rings. The summed E-state index contributed by atoms with van der Waals surface area (Å²) in [6.45, 7) is 0. The molecule has 1 N–H and O–H groups in total. The smallest absolute Gasteiger partial charge is 0.241 e. The number of hydrogen-bond donors (Lipinski definition) is 1. The minimum atomic E-state index is -0.281. The van der Waals surface area contributed by atoms with E-state index in [0.29, 0.717) is 6.42 Å². The lowest BCUT2D eigenvalue weighted by Crippen LogP contribution is -2.34. The minimum absolute atomic E-state index is 0.0499. The van der Waals surface area contributed by atoms with Crippen LogP contribution in [0, 0.1) is 5.82 Å². The molecule has 1 aromatic heterocycles. The first-order valence-corrected chi connectivity index (χ1v) is 5.98. The fourth-order valence-electron chi connectivity index (χ4n) is 2.23. The number of anilines is 1. The van der Waals surface area contributed by atoms with E-state index in [0.717, 1.165) is 11.3 Å². The SMILES string of the molecule is O=C1CC(c2ccc(F)cc2)N(c2ccncc2)N1. The topological polar surface area (TPSA) is 45.2 Å². The lowest BCUT2D eigenvalue weighted by molar-refractivity contribution is -0.119. The number of pyridine rings is 1. The summed E-state index contributed by atoms with van der Waals surface area (Å²) < 4.78 is 13.0. The van der Waals surface area contributed by atoms with Crippen LogP contribution in [0.2, 0.25) is 0 Å². The van der Waals surface area contributed by atoms with Gasteiger partial charge in [-0.2, -0.15) is 0 Å². The van der Waals surface area contributed by atoms with Gasteiger partial charge in [0.05, 0.1) is 18.2 Å². The molecule has 1 saturated heterocycles. The van der Waals surface area contributed by atoms with Crippen molar-refractivity contribution in [2.75, 3.05) is 5.01 Å². The second-order valence-electron chi connectivity index (χ2n) is 4.38. The first-order valence-electron chi connectivity index (χ1n) is 5.98. The maximum atomic E-state index is 13.0. The van der Waals surface area contributed by atoms with Crippen molar-refractivity contribution >= 4 is 11.6 Å². The first-order chi connectivity index (χ1) is 9.24. The van der Waals surface area contributed by atoms with Crippen LogP contribution in [0.4, 0.5) is 10.1 Å². The molecule has 2 heterocycles. The number of carbonyl (C=O) groups is 1. The predicted molar refractivity (Wildman–Crippen MR) is 68.6 cm³/mol. The van der Waals surface area contributed by atoms with Gasteiger partial charge in [-0.15, -0.1) is 0 Å². The summed E-state index contributed by atoms with van der Waals surface area (Å²) in [5.74, 6) is -0.331. The first kappa shape index (κ1) is 11.6. The van der Waals surface area contributed by atoms with Crippen molar-refractivity contribution in [1.29, 1.82) is 0 Å². The number of halogens is 1. The van der Waals surface area contributed by atoms with Crippen LogP contribution in [0.3, 0.4) is 0 Å². The Labute approximate surface area is 109 Å². The molecule has 0 bridgehead atoms. The van der Waals surface area contributed by atoms with Crippen molar-refractivity contribution in [3.05, 3.63) is 60.2 Å². The minimum Gasteiger partial charge on any atom is -0.277 e. The van der Waals surface area contributed by atoms with Gasteiger partial charge in [0.15, 0.2) is 0 Å². The van der Waals surface area contributed by atoms with Gasteiger partial charge in [-0.3, -0.25) is 20.2 Å². The summed E-state index contributed by atoms with van der Waals surface area (Å²) in [6, 6.07) is 9.73. The number of benzene rings is 1. The third-order valence-corrected chi connectivity index (χ3v) is 3.13. The molecule has 3 rings (SSSR count). The molecule has 1 aliphatic heterocycles. The van der Waals surface area contributed by atoms with Crippen LogP contribution >= 0.6 is 0 Å². The quantitative estimate of drug-likeness (QED) is 0.897. The Morgan fingerprint density at radius 3 is 2.53 bits per heavy atom. The Hall–Kier alpha value is -2.43. The van der Waals surface area contributed by atoms with Crippen molar-refractivity contribution in [2.45, 2.75) is 12.5 Å². The zero-order valence-corrected chi connectivity index (χ0v) is 10.1. The number of carbonyl (C=O) groups excluding carboxylic acids is 1. The monoisotopic (exact) mass is 257 g/mol. The molecule has 0 spiro atoms. The number of nitrogens with one attached hydrogen (secondary N) is 1. The van der Waals surface area contributed by atoms with E-state index >= 15 is 0 Å². The lowest BCUT2D eigenvalue weighted by atomic mass is 10.0. The van der Waals surface area contributed by atoms with E-state index in [-0.39, 0.29) is 17.8 Å². The van der Waals surface area contributed by atoms with Gasteiger partial charge in [-0.25, -0.2) is 4.39 Å². The third kappa shape index (κ3) is 2.27. The highest BCUT2D eigenvalue weighted by Gasteiger charge is 2.31. The second-order valence-corrected chi connectivity index (χ2v) is 4.38. The largest absolute Gasteiger partial charge is 0.277 e. The van der Waals surface area contributed by atoms with Crippen LogP contribution in [0.15, 0.2) is 48.8 Å². The highest BCUT2D eigenvalue weighted by molar-refractivity contribution is 5.83. The number of rotatable bonds is 2. The summed E-state index contributed by atoms with van der Waals surface area (Å²) in [5, 5.41) is 1.79. The van der Waals surface area contributed by atoms with E-state index in [4.69, 9.17) is 0 Å². The van der Waals surface area contributed by atoms with Crippen molar-refractivity contribution in [3.63, 3.8) is 0 Å². The normalized spacial score (nSPS) is 18.5. The Bertz CT molecular complexity index is 585. The standard InChI is InChI=1S/C14H12FN3O/c15-11-3-1-10(2-4-11)13-9-14(19)17-18(13)12-5-7-16-8-6-12/h1-8,13H,9H2,(H,17,19). The summed E-state index contributed by atoms with van der Waals surface area (Å²) in [5.41, 5.74) is 4.56. The van der Waals surface area contributed by atoms with Crippen LogP contribution in [-0.4, -0.2) is 10.9 Å². The molecule has 4 nitrogen and oxygen atoms in total. The molecule has 1 atom stereocenters. The average Bonchev–Trinajstić information content (AvgIpc) is 2.83. The molecular weight excluding hydrogens is 245 g/mol. The maximum Gasteiger partial charge on any atom is 0.241 e. The molecule has 0 aliphatic carbocycles. The predicted octanol–water partition coefficient (Wildman–Crippen LogP) is 2.20. The van der Waals surface area contributed by atoms with E-state index in [2.05, 4.69) is 10.4 Å². The van der Waals surface area contributed by atoms with Crippen LogP contribution in [0.25, 0.3) is 0 Å². The number of hydrazine groups is 1. The highest BCUT2D eigenvalue weighted by atomic mass is 19.1. The van der Waals surface area contributed by atoms with Gasteiger partial charge in [-0.05, 0) is 29.8 Å². The zero-order valence-electron chi connectivity index (χ0n) is 10.1. The van der Waals surface area contributed by atoms with Crippen LogP contribution < -0.4 is 10.4 Å².